The molecule has 0 amide bonds. The summed E-state index contributed by atoms with van der Waals surface area (Å²) in [6.07, 6.45) is 0. The zero-order valence-electron chi connectivity index (χ0n) is 9.11. The molecule has 0 bridgehead atoms. The van der Waals surface area contributed by atoms with E-state index in [9.17, 15) is 0 Å². The monoisotopic (exact) mass is 232 g/mol. The molecule has 1 aromatic heterocycles. The lowest BCUT2D eigenvalue weighted by Crippen LogP contribution is -2.00. The van der Waals surface area contributed by atoms with Gasteiger partial charge in [0.25, 0.3) is 0 Å². The van der Waals surface area contributed by atoms with Crippen molar-refractivity contribution in [2.45, 2.75) is 13.8 Å². The van der Waals surface area contributed by atoms with Crippen LogP contribution in [0, 0.1) is 18.6 Å². The van der Waals surface area contributed by atoms with Gasteiger partial charge in [-0.15, -0.1) is 0 Å². The molecule has 0 atom stereocenters. The molecule has 0 aliphatic heterocycles. The van der Waals surface area contributed by atoms with Gasteiger partial charge in [-0.3, -0.25) is 0 Å². The second-order valence-corrected chi connectivity index (χ2v) is 4.11. The molecular formula is C11H12N4S. The van der Waals surface area contributed by atoms with E-state index in [2.05, 4.69) is 21.0 Å². The first-order chi connectivity index (χ1) is 7.54. The van der Waals surface area contributed by atoms with Crippen molar-refractivity contribution >= 4 is 18.2 Å². The SMILES string of the molecule is Cc1cc(C)cc(-c2nc(=S)nc(N)[nH]2)c1. The molecule has 3 N–H and O–H groups in total. The van der Waals surface area contributed by atoms with Crippen molar-refractivity contribution in [1.29, 1.82) is 0 Å². The summed E-state index contributed by atoms with van der Waals surface area (Å²) < 4.78 is 0.255. The highest BCUT2D eigenvalue weighted by Gasteiger charge is 2.03. The lowest BCUT2D eigenvalue weighted by molar-refractivity contribution is 1.05. The average Bonchev–Trinajstić information content (AvgIpc) is 2.14. The third-order valence-corrected chi connectivity index (χ3v) is 2.35. The maximum Gasteiger partial charge on any atom is 0.224 e. The maximum absolute atomic E-state index is 5.60. The highest BCUT2D eigenvalue weighted by atomic mass is 32.1. The molecule has 4 nitrogen and oxygen atoms in total. The fourth-order valence-electron chi connectivity index (χ4n) is 1.65. The van der Waals surface area contributed by atoms with Crippen LogP contribution in [0.3, 0.4) is 0 Å². The van der Waals surface area contributed by atoms with Crippen LogP contribution in [0.25, 0.3) is 11.4 Å². The number of nitrogens with zero attached hydrogens (tertiary/aromatic N) is 2. The molecule has 82 valence electrons. The predicted molar refractivity (Wildman–Crippen MR) is 66.5 cm³/mol. The molecule has 1 heterocycles. The van der Waals surface area contributed by atoms with Crippen LogP contribution in [0.1, 0.15) is 11.1 Å². The van der Waals surface area contributed by atoms with Crippen LogP contribution >= 0.6 is 12.2 Å². The number of hydrogen-bond acceptors (Lipinski definition) is 4. The number of hydrogen-bond donors (Lipinski definition) is 2. The van der Waals surface area contributed by atoms with Crippen molar-refractivity contribution in [3.8, 4) is 11.4 Å². The number of anilines is 1. The molecule has 0 spiro atoms. The number of nitrogens with one attached hydrogen (secondary N) is 1. The fourth-order valence-corrected chi connectivity index (χ4v) is 1.84. The van der Waals surface area contributed by atoms with E-state index in [1.807, 2.05) is 26.0 Å². The maximum atomic E-state index is 5.60. The quantitative estimate of drug-likeness (QED) is 0.741. The smallest absolute Gasteiger partial charge is 0.224 e. The molecule has 0 aliphatic rings. The largest absolute Gasteiger partial charge is 0.369 e. The topological polar surface area (TPSA) is 67.6 Å². The molecule has 2 aromatic rings. The number of nitrogen functional groups attached to an aromatic ring is 1. The van der Waals surface area contributed by atoms with E-state index in [4.69, 9.17) is 18.0 Å². The summed E-state index contributed by atoms with van der Waals surface area (Å²) in [6, 6.07) is 6.16. The van der Waals surface area contributed by atoms with Gasteiger partial charge in [-0.1, -0.05) is 17.2 Å². The van der Waals surface area contributed by atoms with Crippen LogP contribution in [0.5, 0.6) is 0 Å². The Morgan fingerprint density at radius 2 is 1.75 bits per heavy atom. The van der Waals surface area contributed by atoms with Gasteiger partial charge in [-0.2, -0.15) is 4.98 Å². The predicted octanol–water partition coefficient (Wildman–Crippen LogP) is 2.40. The van der Waals surface area contributed by atoms with Gasteiger partial charge < -0.3 is 10.7 Å². The van der Waals surface area contributed by atoms with Gasteiger partial charge in [-0.05, 0) is 38.2 Å². The summed E-state index contributed by atoms with van der Waals surface area (Å²) in [5.74, 6) is 0.943. The number of benzene rings is 1. The van der Waals surface area contributed by atoms with Crippen molar-refractivity contribution in [2.24, 2.45) is 0 Å². The Labute approximate surface area is 98.6 Å². The second kappa shape index (κ2) is 4.02. The summed E-state index contributed by atoms with van der Waals surface area (Å²) in [5, 5.41) is 0. The first kappa shape index (κ1) is 10.8. The van der Waals surface area contributed by atoms with Gasteiger partial charge in [0, 0.05) is 5.56 Å². The number of aromatic nitrogens is 3. The van der Waals surface area contributed by atoms with Crippen LogP contribution in [0.2, 0.25) is 0 Å². The minimum absolute atomic E-state index is 0.255. The van der Waals surface area contributed by atoms with Crippen LogP contribution < -0.4 is 5.73 Å². The van der Waals surface area contributed by atoms with Crippen molar-refractivity contribution in [1.82, 2.24) is 15.0 Å². The van der Waals surface area contributed by atoms with E-state index in [1.165, 1.54) is 11.1 Å². The number of aryl methyl sites for hydroxylation is 2. The lowest BCUT2D eigenvalue weighted by atomic mass is 10.1. The molecule has 1 aromatic carbocycles. The Balaban J connectivity index is 2.62. The minimum atomic E-state index is 0.255. The fraction of sp³-hybridized carbons (Fsp3) is 0.182. The third kappa shape index (κ3) is 2.25. The normalized spacial score (nSPS) is 10.4. The zero-order chi connectivity index (χ0) is 11.7. The Morgan fingerprint density at radius 3 is 2.31 bits per heavy atom. The summed E-state index contributed by atoms with van der Waals surface area (Å²) in [4.78, 5) is 10.9. The third-order valence-electron chi connectivity index (χ3n) is 2.17. The van der Waals surface area contributed by atoms with Crippen molar-refractivity contribution in [3.63, 3.8) is 0 Å². The highest BCUT2D eigenvalue weighted by molar-refractivity contribution is 7.71. The van der Waals surface area contributed by atoms with Crippen LogP contribution in [-0.4, -0.2) is 15.0 Å². The van der Waals surface area contributed by atoms with Crippen LogP contribution in [0.4, 0.5) is 5.95 Å². The van der Waals surface area contributed by atoms with Gasteiger partial charge >= 0.3 is 0 Å². The zero-order valence-corrected chi connectivity index (χ0v) is 9.93. The van der Waals surface area contributed by atoms with E-state index < -0.39 is 0 Å². The molecular weight excluding hydrogens is 220 g/mol. The summed E-state index contributed by atoms with van der Waals surface area (Å²) >= 11 is 4.93. The molecule has 0 saturated carbocycles. The molecule has 0 radical (unpaired) electrons. The van der Waals surface area contributed by atoms with Crippen LogP contribution in [-0.2, 0) is 0 Å². The second-order valence-electron chi connectivity index (χ2n) is 3.74. The lowest BCUT2D eigenvalue weighted by Gasteiger charge is -2.05. The van der Waals surface area contributed by atoms with Gasteiger partial charge in [0.05, 0.1) is 0 Å². The van der Waals surface area contributed by atoms with Crippen molar-refractivity contribution in [2.75, 3.05) is 5.73 Å². The first-order valence-corrected chi connectivity index (χ1v) is 5.28. The van der Waals surface area contributed by atoms with Gasteiger partial charge in [-0.25, -0.2) is 4.98 Å². The highest BCUT2D eigenvalue weighted by Crippen LogP contribution is 2.18. The summed E-state index contributed by atoms with van der Waals surface area (Å²) in [7, 11) is 0. The van der Waals surface area contributed by atoms with E-state index in [0.717, 1.165) is 5.56 Å². The molecule has 0 fully saturated rings. The van der Waals surface area contributed by atoms with E-state index in [1.54, 1.807) is 0 Å². The van der Waals surface area contributed by atoms with Gasteiger partial charge in [0.1, 0.15) is 5.82 Å². The molecule has 2 rings (SSSR count). The van der Waals surface area contributed by atoms with E-state index in [-0.39, 0.29) is 10.7 Å². The average molecular weight is 232 g/mol. The van der Waals surface area contributed by atoms with Gasteiger partial charge in [0.15, 0.2) is 0 Å². The number of H-pyrrole nitrogens is 1. The minimum Gasteiger partial charge on any atom is -0.369 e. The Hall–Kier alpha value is -1.75. The Bertz CT molecular complexity index is 569. The van der Waals surface area contributed by atoms with Crippen LogP contribution in [0.15, 0.2) is 18.2 Å². The van der Waals surface area contributed by atoms with Crippen molar-refractivity contribution in [3.05, 3.63) is 34.1 Å². The molecule has 5 heteroatoms. The molecule has 0 unspecified atom stereocenters. The molecule has 16 heavy (non-hydrogen) atoms. The molecule has 0 saturated heterocycles. The Kier molecular flexibility index (Phi) is 2.70. The van der Waals surface area contributed by atoms with E-state index in [0.29, 0.717) is 5.82 Å². The summed E-state index contributed by atoms with van der Waals surface area (Å²) in [5.41, 5.74) is 8.92. The Morgan fingerprint density at radius 1 is 1.12 bits per heavy atom. The number of rotatable bonds is 1. The van der Waals surface area contributed by atoms with E-state index >= 15 is 0 Å². The van der Waals surface area contributed by atoms with Crippen molar-refractivity contribution < 1.29 is 0 Å². The summed E-state index contributed by atoms with van der Waals surface area (Å²) in [6.45, 7) is 4.07. The standard InChI is InChI=1S/C11H12N4S/c1-6-3-7(2)5-8(4-6)9-13-10(12)15-11(16)14-9/h3-5H,1-2H3,(H3,12,13,14,15,16). The number of aromatic amines is 1. The first-order valence-electron chi connectivity index (χ1n) is 4.87. The number of nitrogens with two attached hydrogens (primary N) is 1. The molecule has 0 aliphatic carbocycles. The van der Waals surface area contributed by atoms with Gasteiger partial charge in [0.2, 0.25) is 10.7 Å².